The fourth-order valence-electron chi connectivity index (χ4n) is 0.993. The third-order valence-corrected chi connectivity index (χ3v) is 1.73. The molecule has 0 aliphatic carbocycles. The summed E-state index contributed by atoms with van der Waals surface area (Å²) in [6.45, 7) is 3.18. The Balaban J connectivity index is 3.43. The van der Waals surface area contributed by atoms with E-state index < -0.39 is 29.1 Å². The smallest absolute Gasteiger partial charge is 0.203 e. The number of hydrogen-bond acceptors (Lipinski definition) is 0. The molecule has 0 spiro atoms. The van der Waals surface area contributed by atoms with Gasteiger partial charge in [0.25, 0.3) is 0 Å². The van der Waals surface area contributed by atoms with Gasteiger partial charge in [0.1, 0.15) is 0 Å². The topological polar surface area (TPSA) is 0 Å². The minimum atomic E-state index is -2.69. The average molecular weight is 220 g/mol. The van der Waals surface area contributed by atoms with Crippen LogP contribution in [0.25, 0.3) is 11.9 Å². The first-order valence-electron chi connectivity index (χ1n) is 3.80. The Kier molecular flexibility index (Phi) is 3.24. The minimum Gasteiger partial charge on any atom is -0.203 e. The van der Waals surface area contributed by atoms with Crippen molar-refractivity contribution in [3.63, 3.8) is 0 Å². The van der Waals surface area contributed by atoms with E-state index in [0.717, 1.165) is 18.2 Å². The van der Waals surface area contributed by atoms with Gasteiger partial charge in [0.15, 0.2) is 17.5 Å². The van der Waals surface area contributed by atoms with Crippen molar-refractivity contribution in [1.82, 2.24) is 0 Å². The van der Waals surface area contributed by atoms with Gasteiger partial charge in [-0.2, -0.15) is 8.78 Å². The Hall–Kier alpha value is -1.65. The van der Waals surface area contributed by atoms with Crippen LogP contribution in [0.3, 0.4) is 0 Å². The van der Waals surface area contributed by atoms with Crippen LogP contribution in [0.15, 0.2) is 24.8 Å². The molecule has 0 N–H and O–H groups in total. The molecule has 1 rings (SSSR count). The molecule has 15 heavy (non-hydrogen) atoms. The first kappa shape index (κ1) is 11.4. The molecule has 1 aromatic carbocycles. The number of rotatable bonds is 2. The average Bonchev–Trinajstić information content (AvgIpc) is 2.21. The van der Waals surface area contributed by atoms with E-state index in [9.17, 15) is 22.0 Å². The van der Waals surface area contributed by atoms with E-state index in [2.05, 4.69) is 6.58 Å². The van der Waals surface area contributed by atoms with Gasteiger partial charge in [0.2, 0.25) is 0 Å². The van der Waals surface area contributed by atoms with Crippen molar-refractivity contribution < 1.29 is 22.0 Å². The van der Waals surface area contributed by atoms with Gasteiger partial charge < -0.3 is 0 Å². The van der Waals surface area contributed by atoms with Gasteiger partial charge in [-0.05, 0) is 6.07 Å². The minimum absolute atomic E-state index is 0.219. The van der Waals surface area contributed by atoms with Gasteiger partial charge in [-0.1, -0.05) is 18.7 Å². The maximum atomic E-state index is 13.0. The predicted molar refractivity (Wildman–Crippen MR) is 46.7 cm³/mol. The van der Waals surface area contributed by atoms with Crippen LogP contribution in [0.1, 0.15) is 11.1 Å². The molecule has 0 nitrogen and oxygen atoms in total. The summed E-state index contributed by atoms with van der Waals surface area (Å²) in [6.07, 6.45) is -1.70. The van der Waals surface area contributed by atoms with Crippen molar-refractivity contribution in [1.29, 1.82) is 0 Å². The standard InChI is InChI=1S/C10H5F5/c1-2-5-3-4-6(8(12)7(5)11)9(13)10(14)15/h2-4H,1H2. The van der Waals surface area contributed by atoms with Gasteiger partial charge >= 0.3 is 6.08 Å². The summed E-state index contributed by atoms with van der Waals surface area (Å²) >= 11 is 0. The monoisotopic (exact) mass is 220 g/mol. The summed E-state index contributed by atoms with van der Waals surface area (Å²) < 4.78 is 62.3. The second-order valence-corrected chi connectivity index (χ2v) is 2.61. The zero-order chi connectivity index (χ0) is 11.6. The largest absolute Gasteiger partial charge is 0.306 e. The van der Waals surface area contributed by atoms with E-state index >= 15 is 0 Å². The third kappa shape index (κ3) is 2.06. The van der Waals surface area contributed by atoms with Gasteiger partial charge in [0, 0.05) is 5.56 Å². The second kappa shape index (κ2) is 4.25. The second-order valence-electron chi connectivity index (χ2n) is 2.61. The molecule has 0 aliphatic rings. The van der Waals surface area contributed by atoms with Crippen molar-refractivity contribution in [3.8, 4) is 0 Å². The fraction of sp³-hybridized carbons (Fsp3) is 0. The van der Waals surface area contributed by atoms with Gasteiger partial charge in [0.05, 0.1) is 5.56 Å². The molecule has 1 aromatic rings. The third-order valence-electron chi connectivity index (χ3n) is 1.73. The van der Waals surface area contributed by atoms with E-state index in [-0.39, 0.29) is 5.56 Å². The summed E-state index contributed by atoms with van der Waals surface area (Å²) in [5, 5.41) is 0. The van der Waals surface area contributed by atoms with E-state index in [1.807, 2.05) is 0 Å². The Morgan fingerprint density at radius 3 is 2.13 bits per heavy atom. The first-order valence-corrected chi connectivity index (χ1v) is 3.80. The molecule has 0 bridgehead atoms. The highest BCUT2D eigenvalue weighted by atomic mass is 19.3. The van der Waals surface area contributed by atoms with Crippen LogP contribution in [0, 0.1) is 11.6 Å². The van der Waals surface area contributed by atoms with Crippen molar-refractivity contribution in [2.24, 2.45) is 0 Å². The molecule has 0 unspecified atom stereocenters. The summed E-state index contributed by atoms with van der Waals surface area (Å²) in [6, 6.07) is 1.69. The van der Waals surface area contributed by atoms with Crippen LogP contribution in [0.4, 0.5) is 22.0 Å². The Morgan fingerprint density at radius 2 is 1.67 bits per heavy atom. The van der Waals surface area contributed by atoms with Crippen molar-refractivity contribution in [2.45, 2.75) is 0 Å². The predicted octanol–water partition coefficient (Wildman–Crippen LogP) is 4.14. The van der Waals surface area contributed by atoms with Crippen LogP contribution < -0.4 is 0 Å². The molecular formula is C10H5F5. The van der Waals surface area contributed by atoms with E-state index in [1.165, 1.54) is 0 Å². The van der Waals surface area contributed by atoms with Crippen LogP contribution >= 0.6 is 0 Å². The summed E-state index contributed by atoms with van der Waals surface area (Å²) in [4.78, 5) is 0. The Morgan fingerprint density at radius 1 is 1.07 bits per heavy atom. The molecule has 0 heterocycles. The molecule has 0 amide bonds. The van der Waals surface area contributed by atoms with Gasteiger partial charge in [-0.3, -0.25) is 0 Å². The summed E-state index contributed by atoms with van der Waals surface area (Å²) in [5.74, 6) is -5.13. The van der Waals surface area contributed by atoms with E-state index in [1.54, 1.807) is 0 Å². The van der Waals surface area contributed by atoms with Crippen molar-refractivity contribution in [3.05, 3.63) is 47.6 Å². The maximum absolute atomic E-state index is 13.0. The molecule has 5 heteroatoms. The molecule has 0 saturated heterocycles. The molecule has 80 valence electrons. The molecule has 0 saturated carbocycles. The number of halogens is 5. The lowest BCUT2D eigenvalue weighted by atomic mass is 10.1. The van der Waals surface area contributed by atoms with E-state index in [0.29, 0.717) is 0 Å². The normalized spacial score (nSPS) is 9.93. The van der Waals surface area contributed by atoms with E-state index in [4.69, 9.17) is 0 Å². The van der Waals surface area contributed by atoms with Crippen LogP contribution in [-0.4, -0.2) is 0 Å². The fourth-order valence-corrected chi connectivity index (χ4v) is 0.993. The van der Waals surface area contributed by atoms with Crippen LogP contribution in [0.2, 0.25) is 0 Å². The highest BCUT2D eigenvalue weighted by Crippen LogP contribution is 2.27. The van der Waals surface area contributed by atoms with Gasteiger partial charge in [-0.15, -0.1) is 0 Å². The molecule has 0 radical (unpaired) electrons. The van der Waals surface area contributed by atoms with Crippen molar-refractivity contribution >= 4 is 11.9 Å². The van der Waals surface area contributed by atoms with Crippen molar-refractivity contribution in [2.75, 3.05) is 0 Å². The Labute approximate surface area is 82.3 Å². The molecule has 0 fully saturated rings. The highest BCUT2D eigenvalue weighted by Gasteiger charge is 2.18. The molecule has 0 atom stereocenters. The summed E-state index contributed by atoms with van der Waals surface area (Å²) in [5.41, 5.74) is -1.32. The quantitative estimate of drug-likeness (QED) is 0.657. The molecule has 0 aromatic heterocycles. The maximum Gasteiger partial charge on any atom is 0.306 e. The van der Waals surface area contributed by atoms with Crippen LogP contribution in [0.5, 0.6) is 0 Å². The lowest BCUT2D eigenvalue weighted by Gasteiger charge is -2.03. The zero-order valence-corrected chi connectivity index (χ0v) is 7.33. The van der Waals surface area contributed by atoms with Gasteiger partial charge in [-0.25, -0.2) is 13.2 Å². The SMILES string of the molecule is C=Cc1ccc(C(F)=C(F)F)c(F)c1F. The Bertz CT molecular complexity index is 430. The zero-order valence-electron chi connectivity index (χ0n) is 7.33. The van der Waals surface area contributed by atoms with Crippen LogP contribution in [-0.2, 0) is 0 Å². The summed E-state index contributed by atoms with van der Waals surface area (Å²) in [7, 11) is 0. The number of hydrogen-bond donors (Lipinski definition) is 0. The first-order chi connectivity index (χ1) is 6.99. The highest BCUT2D eigenvalue weighted by molar-refractivity contribution is 5.62. The molecule has 0 aliphatic heterocycles. The number of benzene rings is 1. The lowest BCUT2D eigenvalue weighted by Crippen LogP contribution is -1.95. The molecular weight excluding hydrogens is 215 g/mol. The lowest BCUT2D eigenvalue weighted by molar-refractivity contribution is 0.408.